The lowest BCUT2D eigenvalue weighted by Crippen LogP contribution is -1.99. The summed E-state index contributed by atoms with van der Waals surface area (Å²) in [5, 5.41) is 8.55. The van der Waals surface area contributed by atoms with E-state index in [2.05, 4.69) is 11.3 Å². The normalized spacial score (nSPS) is 10.0. The van der Waals surface area contributed by atoms with Crippen molar-refractivity contribution in [3.8, 4) is 11.5 Å². The number of rotatable bonds is 2. The minimum absolute atomic E-state index is 0.595. The van der Waals surface area contributed by atoms with Gasteiger partial charge in [-0.25, -0.2) is 0 Å². The summed E-state index contributed by atoms with van der Waals surface area (Å²) < 4.78 is 54.9. The molecule has 0 unspecified atom stereocenters. The molecule has 1 aromatic rings. The van der Waals surface area contributed by atoms with Crippen LogP contribution >= 0.6 is 0 Å². The van der Waals surface area contributed by atoms with Crippen LogP contribution in [-0.4, -0.2) is 5.11 Å². The molecule has 0 radical (unpaired) electrons. The third-order valence-electron chi connectivity index (χ3n) is 1.40. The second kappa shape index (κ2) is 3.57. The van der Waals surface area contributed by atoms with Gasteiger partial charge < -0.3 is 9.84 Å². The molecule has 0 amide bonds. The molecule has 0 aliphatic carbocycles. The summed E-state index contributed by atoms with van der Waals surface area (Å²) in [6.45, 7) is 2.96. The number of phenols is 1. The second-order valence-electron chi connectivity index (χ2n) is 2.22. The zero-order valence-corrected chi connectivity index (χ0v) is 6.65. The highest BCUT2D eigenvalue weighted by atomic mass is 19.2. The lowest BCUT2D eigenvalue weighted by Gasteiger charge is -2.06. The first-order chi connectivity index (χ1) is 6.50. The van der Waals surface area contributed by atoms with E-state index >= 15 is 0 Å². The van der Waals surface area contributed by atoms with Crippen LogP contribution in [0.2, 0.25) is 0 Å². The summed E-state index contributed by atoms with van der Waals surface area (Å²) in [7, 11) is 0. The van der Waals surface area contributed by atoms with E-state index in [0.29, 0.717) is 6.26 Å². The average molecular weight is 208 g/mol. The molecule has 0 heterocycles. The lowest BCUT2D eigenvalue weighted by atomic mass is 10.2. The summed E-state index contributed by atoms with van der Waals surface area (Å²) in [6.07, 6.45) is 0.595. The van der Waals surface area contributed by atoms with Crippen LogP contribution in [0, 0.1) is 23.3 Å². The molecule has 1 rings (SSSR count). The summed E-state index contributed by atoms with van der Waals surface area (Å²) in [4.78, 5) is 0. The minimum Gasteiger partial charge on any atom is -0.503 e. The Morgan fingerprint density at radius 3 is 1.79 bits per heavy atom. The van der Waals surface area contributed by atoms with Gasteiger partial charge in [0, 0.05) is 0 Å². The molecule has 1 aromatic carbocycles. The summed E-state index contributed by atoms with van der Waals surface area (Å²) in [5.41, 5.74) is 0. The smallest absolute Gasteiger partial charge is 0.208 e. The number of aromatic hydroxyl groups is 1. The van der Waals surface area contributed by atoms with E-state index in [1.54, 1.807) is 0 Å². The van der Waals surface area contributed by atoms with Gasteiger partial charge in [-0.15, -0.1) is 0 Å². The molecular formula is C8H4F4O2. The Kier molecular flexibility index (Phi) is 2.64. The maximum absolute atomic E-state index is 12.8. The Morgan fingerprint density at radius 2 is 1.43 bits per heavy atom. The fraction of sp³-hybridized carbons (Fsp3) is 0. The van der Waals surface area contributed by atoms with Crippen molar-refractivity contribution in [3.05, 3.63) is 36.1 Å². The first kappa shape index (κ1) is 10.4. The fourth-order valence-electron chi connectivity index (χ4n) is 0.787. The number of halogens is 4. The van der Waals surface area contributed by atoms with Crippen molar-refractivity contribution in [2.75, 3.05) is 0 Å². The maximum atomic E-state index is 12.8. The molecule has 1 N–H and O–H groups in total. The standard InChI is InChI=1S/C8H4F4O2/c1-2-14-8-5(11)3(9)7(13)4(10)6(8)12/h2,13H,1H2. The van der Waals surface area contributed by atoms with E-state index in [9.17, 15) is 17.6 Å². The topological polar surface area (TPSA) is 29.5 Å². The SMILES string of the molecule is C=COc1c(F)c(F)c(O)c(F)c1F. The molecule has 0 aromatic heterocycles. The molecule has 0 saturated heterocycles. The summed E-state index contributed by atoms with van der Waals surface area (Å²) >= 11 is 0. The molecule has 0 aliphatic heterocycles. The van der Waals surface area contributed by atoms with E-state index < -0.39 is 34.8 Å². The number of benzene rings is 1. The molecule has 14 heavy (non-hydrogen) atoms. The van der Waals surface area contributed by atoms with Crippen LogP contribution in [0.3, 0.4) is 0 Å². The highest BCUT2D eigenvalue weighted by Crippen LogP contribution is 2.33. The third kappa shape index (κ3) is 1.39. The van der Waals surface area contributed by atoms with Crippen molar-refractivity contribution >= 4 is 0 Å². The average Bonchev–Trinajstić information content (AvgIpc) is 2.19. The molecular weight excluding hydrogens is 204 g/mol. The van der Waals surface area contributed by atoms with Gasteiger partial charge in [0.05, 0.1) is 6.26 Å². The van der Waals surface area contributed by atoms with Gasteiger partial charge in [-0.2, -0.15) is 17.6 Å². The van der Waals surface area contributed by atoms with Crippen LogP contribution in [-0.2, 0) is 0 Å². The van der Waals surface area contributed by atoms with Crippen LogP contribution in [0.5, 0.6) is 11.5 Å². The van der Waals surface area contributed by atoms with Gasteiger partial charge in [-0.05, 0) is 0 Å². The van der Waals surface area contributed by atoms with Crippen molar-refractivity contribution in [2.45, 2.75) is 0 Å². The summed E-state index contributed by atoms with van der Waals surface area (Å²) in [6, 6.07) is 0. The van der Waals surface area contributed by atoms with Crippen LogP contribution in [0.15, 0.2) is 12.8 Å². The highest BCUT2D eigenvalue weighted by molar-refractivity contribution is 5.37. The lowest BCUT2D eigenvalue weighted by molar-refractivity contribution is 0.324. The maximum Gasteiger partial charge on any atom is 0.208 e. The van der Waals surface area contributed by atoms with Crippen LogP contribution in [0.1, 0.15) is 0 Å². The Hall–Kier alpha value is -1.72. The predicted molar refractivity (Wildman–Crippen MR) is 38.8 cm³/mol. The Bertz CT molecular complexity index is 360. The van der Waals surface area contributed by atoms with E-state index in [1.165, 1.54) is 0 Å². The van der Waals surface area contributed by atoms with E-state index in [4.69, 9.17) is 5.11 Å². The van der Waals surface area contributed by atoms with Gasteiger partial charge in [0.25, 0.3) is 0 Å². The van der Waals surface area contributed by atoms with Gasteiger partial charge >= 0.3 is 0 Å². The first-order valence-electron chi connectivity index (χ1n) is 3.33. The van der Waals surface area contributed by atoms with E-state index in [1.807, 2.05) is 0 Å². The quantitative estimate of drug-likeness (QED) is 0.459. The molecule has 0 aliphatic rings. The zero-order chi connectivity index (χ0) is 10.9. The van der Waals surface area contributed by atoms with Crippen LogP contribution < -0.4 is 4.74 Å². The van der Waals surface area contributed by atoms with Gasteiger partial charge in [-0.3, -0.25) is 0 Å². The van der Waals surface area contributed by atoms with E-state index in [0.717, 1.165) is 0 Å². The van der Waals surface area contributed by atoms with Crippen molar-refractivity contribution in [3.63, 3.8) is 0 Å². The fourth-order valence-corrected chi connectivity index (χ4v) is 0.787. The molecule has 0 spiro atoms. The zero-order valence-electron chi connectivity index (χ0n) is 6.65. The van der Waals surface area contributed by atoms with Gasteiger partial charge in [0.15, 0.2) is 5.75 Å². The van der Waals surface area contributed by atoms with Crippen molar-refractivity contribution in [1.29, 1.82) is 0 Å². The molecule has 0 atom stereocenters. The molecule has 0 saturated carbocycles. The molecule has 76 valence electrons. The van der Waals surface area contributed by atoms with Gasteiger partial charge in [0.1, 0.15) is 0 Å². The number of ether oxygens (including phenoxy) is 1. The number of phenolic OH excluding ortho intramolecular Hbond substituents is 1. The molecule has 0 fully saturated rings. The van der Waals surface area contributed by atoms with Crippen molar-refractivity contribution in [2.24, 2.45) is 0 Å². The second-order valence-corrected chi connectivity index (χ2v) is 2.22. The predicted octanol–water partition coefficient (Wildman–Crippen LogP) is 2.47. The Morgan fingerprint density at radius 1 is 1.00 bits per heavy atom. The molecule has 0 bridgehead atoms. The first-order valence-corrected chi connectivity index (χ1v) is 3.33. The van der Waals surface area contributed by atoms with Crippen LogP contribution in [0.4, 0.5) is 17.6 Å². The number of hydrogen-bond donors (Lipinski definition) is 1. The van der Waals surface area contributed by atoms with Crippen molar-refractivity contribution in [1.82, 2.24) is 0 Å². The Balaban J connectivity index is 3.50. The minimum atomic E-state index is -1.92. The Labute approximate surface area is 76.0 Å². The van der Waals surface area contributed by atoms with Gasteiger partial charge in [0.2, 0.25) is 29.0 Å². The van der Waals surface area contributed by atoms with Gasteiger partial charge in [-0.1, -0.05) is 6.58 Å². The largest absolute Gasteiger partial charge is 0.503 e. The third-order valence-corrected chi connectivity index (χ3v) is 1.40. The van der Waals surface area contributed by atoms with Crippen LogP contribution in [0.25, 0.3) is 0 Å². The molecule has 2 nitrogen and oxygen atoms in total. The molecule has 6 heteroatoms. The number of hydrogen-bond acceptors (Lipinski definition) is 2. The van der Waals surface area contributed by atoms with Crippen molar-refractivity contribution < 1.29 is 27.4 Å². The van der Waals surface area contributed by atoms with E-state index in [-0.39, 0.29) is 0 Å². The monoisotopic (exact) mass is 208 g/mol. The highest BCUT2D eigenvalue weighted by Gasteiger charge is 2.25. The summed E-state index contributed by atoms with van der Waals surface area (Å²) in [5.74, 6) is -10.5.